The number of amides is 1. The van der Waals surface area contributed by atoms with Gasteiger partial charge in [0.05, 0.1) is 18.4 Å². The standard InChI is InChI=1S/C13H11FN2O3S/c1-7-6-20-11(13(18)19-2)10(7)16-12(17)8-3-4-9(14)15-5-8/h3-6H,1-2H3,(H,16,17). The van der Waals surface area contributed by atoms with E-state index in [4.69, 9.17) is 0 Å². The molecule has 2 heterocycles. The van der Waals surface area contributed by atoms with Crippen molar-refractivity contribution in [1.82, 2.24) is 4.98 Å². The fourth-order valence-electron chi connectivity index (χ4n) is 1.54. The third-order valence-electron chi connectivity index (χ3n) is 2.57. The number of aryl methyl sites for hydroxylation is 1. The van der Waals surface area contributed by atoms with Crippen LogP contribution in [0, 0.1) is 12.9 Å². The smallest absolute Gasteiger partial charge is 0.350 e. The van der Waals surface area contributed by atoms with Crippen LogP contribution in [0.3, 0.4) is 0 Å². The van der Waals surface area contributed by atoms with Crippen molar-refractivity contribution in [1.29, 1.82) is 0 Å². The van der Waals surface area contributed by atoms with Gasteiger partial charge in [0.25, 0.3) is 5.91 Å². The first-order chi connectivity index (χ1) is 9.52. The number of nitrogens with one attached hydrogen (secondary N) is 1. The van der Waals surface area contributed by atoms with Crippen molar-refractivity contribution in [3.8, 4) is 0 Å². The SMILES string of the molecule is COC(=O)c1scc(C)c1NC(=O)c1ccc(F)nc1. The van der Waals surface area contributed by atoms with E-state index in [2.05, 4.69) is 15.0 Å². The number of ether oxygens (including phenoxy) is 1. The summed E-state index contributed by atoms with van der Waals surface area (Å²) in [5.74, 6) is -1.65. The van der Waals surface area contributed by atoms with E-state index in [0.717, 1.165) is 17.8 Å². The third-order valence-corrected chi connectivity index (χ3v) is 3.65. The van der Waals surface area contributed by atoms with E-state index in [0.29, 0.717) is 10.6 Å². The second-order valence-corrected chi connectivity index (χ2v) is 4.82. The summed E-state index contributed by atoms with van der Waals surface area (Å²) in [7, 11) is 1.27. The van der Waals surface area contributed by atoms with Crippen molar-refractivity contribution >= 4 is 28.9 Å². The van der Waals surface area contributed by atoms with Crippen molar-refractivity contribution in [2.75, 3.05) is 12.4 Å². The number of pyridine rings is 1. The highest BCUT2D eigenvalue weighted by atomic mass is 32.1. The van der Waals surface area contributed by atoms with Crippen molar-refractivity contribution in [3.63, 3.8) is 0 Å². The molecule has 104 valence electrons. The van der Waals surface area contributed by atoms with Crippen LogP contribution in [-0.2, 0) is 4.74 Å². The number of carbonyl (C=O) groups is 2. The third kappa shape index (κ3) is 2.83. The maximum atomic E-state index is 12.7. The lowest BCUT2D eigenvalue weighted by Crippen LogP contribution is -2.15. The first-order valence-corrected chi connectivity index (χ1v) is 6.50. The quantitative estimate of drug-likeness (QED) is 0.698. The Morgan fingerprint density at radius 2 is 2.15 bits per heavy atom. The van der Waals surface area contributed by atoms with Crippen LogP contribution in [-0.4, -0.2) is 24.0 Å². The number of hydrogen-bond acceptors (Lipinski definition) is 5. The molecule has 0 unspecified atom stereocenters. The molecular weight excluding hydrogens is 283 g/mol. The van der Waals surface area contributed by atoms with Gasteiger partial charge in [-0.3, -0.25) is 4.79 Å². The summed E-state index contributed by atoms with van der Waals surface area (Å²) in [6.07, 6.45) is 1.13. The van der Waals surface area contributed by atoms with Gasteiger partial charge in [0.1, 0.15) is 4.88 Å². The Hall–Kier alpha value is -2.28. The van der Waals surface area contributed by atoms with Gasteiger partial charge in [0.15, 0.2) is 0 Å². The van der Waals surface area contributed by atoms with Gasteiger partial charge in [0, 0.05) is 6.20 Å². The minimum Gasteiger partial charge on any atom is -0.465 e. The predicted molar refractivity (Wildman–Crippen MR) is 72.5 cm³/mol. The summed E-state index contributed by atoms with van der Waals surface area (Å²) in [5.41, 5.74) is 1.35. The molecule has 7 heteroatoms. The maximum absolute atomic E-state index is 12.7. The summed E-state index contributed by atoms with van der Waals surface area (Å²) >= 11 is 1.18. The molecule has 1 N–H and O–H groups in total. The monoisotopic (exact) mass is 294 g/mol. The largest absolute Gasteiger partial charge is 0.465 e. The second-order valence-electron chi connectivity index (χ2n) is 3.94. The van der Waals surface area contributed by atoms with E-state index >= 15 is 0 Å². The Bertz CT molecular complexity index is 652. The lowest BCUT2D eigenvalue weighted by molar-refractivity contribution is 0.0607. The predicted octanol–water partition coefficient (Wildman–Crippen LogP) is 2.63. The van der Waals surface area contributed by atoms with Crippen LogP contribution in [0.1, 0.15) is 25.6 Å². The van der Waals surface area contributed by atoms with Crippen LogP contribution in [0.4, 0.5) is 10.1 Å². The highest BCUT2D eigenvalue weighted by Gasteiger charge is 2.19. The first-order valence-electron chi connectivity index (χ1n) is 5.62. The van der Waals surface area contributed by atoms with Gasteiger partial charge in [-0.15, -0.1) is 11.3 Å². The van der Waals surface area contributed by atoms with E-state index in [1.165, 1.54) is 24.5 Å². The van der Waals surface area contributed by atoms with E-state index in [9.17, 15) is 14.0 Å². The molecule has 0 aliphatic rings. The summed E-state index contributed by atoms with van der Waals surface area (Å²) in [6.45, 7) is 1.77. The normalized spacial score (nSPS) is 10.2. The topological polar surface area (TPSA) is 68.3 Å². The number of methoxy groups -OCH3 is 1. The van der Waals surface area contributed by atoms with Gasteiger partial charge < -0.3 is 10.1 Å². The molecule has 2 aromatic heterocycles. The van der Waals surface area contributed by atoms with Crippen LogP contribution < -0.4 is 5.32 Å². The number of thiophene rings is 1. The lowest BCUT2D eigenvalue weighted by atomic mass is 10.2. The number of nitrogens with zero attached hydrogens (tertiary/aromatic N) is 1. The maximum Gasteiger partial charge on any atom is 0.350 e. The Labute approximate surface area is 118 Å². The fourth-order valence-corrected chi connectivity index (χ4v) is 2.46. The molecule has 0 saturated carbocycles. The number of hydrogen-bond donors (Lipinski definition) is 1. The molecule has 0 spiro atoms. The number of aromatic nitrogens is 1. The zero-order valence-corrected chi connectivity index (χ0v) is 11.6. The molecule has 0 aromatic carbocycles. The Morgan fingerprint density at radius 1 is 1.40 bits per heavy atom. The minimum absolute atomic E-state index is 0.202. The molecule has 2 rings (SSSR count). The molecule has 0 aliphatic heterocycles. The van der Waals surface area contributed by atoms with Gasteiger partial charge in [-0.25, -0.2) is 9.78 Å². The van der Waals surface area contributed by atoms with Crippen LogP contribution in [0.2, 0.25) is 0 Å². The molecule has 0 saturated heterocycles. The number of halogens is 1. The van der Waals surface area contributed by atoms with Crippen molar-refractivity contribution in [2.24, 2.45) is 0 Å². The second kappa shape index (κ2) is 5.79. The van der Waals surface area contributed by atoms with E-state index in [1.54, 1.807) is 12.3 Å². The molecule has 5 nitrogen and oxygen atoms in total. The number of anilines is 1. The number of carbonyl (C=O) groups excluding carboxylic acids is 2. The average molecular weight is 294 g/mol. The van der Waals surface area contributed by atoms with Gasteiger partial charge in [-0.1, -0.05) is 0 Å². The van der Waals surface area contributed by atoms with Gasteiger partial charge in [-0.05, 0) is 30.0 Å². The zero-order valence-electron chi connectivity index (χ0n) is 10.8. The molecule has 20 heavy (non-hydrogen) atoms. The van der Waals surface area contributed by atoms with Crippen molar-refractivity contribution < 1.29 is 18.7 Å². The molecular formula is C13H11FN2O3S. The summed E-state index contributed by atoms with van der Waals surface area (Å²) < 4.78 is 17.4. The molecule has 0 aliphatic carbocycles. The van der Waals surface area contributed by atoms with Crippen molar-refractivity contribution in [3.05, 3.63) is 45.7 Å². The van der Waals surface area contributed by atoms with Crippen LogP contribution >= 0.6 is 11.3 Å². The molecule has 0 atom stereocenters. The van der Waals surface area contributed by atoms with E-state index in [-0.39, 0.29) is 5.56 Å². The molecule has 0 fully saturated rings. The first kappa shape index (κ1) is 14.1. The zero-order chi connectivity index (χ0) is 14.7. The highest BCUT2D eigenvalue weighted by Crippen LogP contribution is 2.28. The summed E-state index contributed by atoms with van der Waals surface area (Å²) in [6, 6.07) is 2.41. The van der Waals surface area contributed by atoms with Gasteiger partial charge in [0.2, 0.25) is 5.95 Å². The molecule has 2 aromatic rings. The number of esters is 1. The van der Waals surface area contributed by atoms with Crippen LogP contribution in [0.15, 0.2) is 23.7 Å². The lowest BCUT2D eigenvalue weighted by Gasteiger charge is -2.07. The number of rotatable bonds is 3. The Morgan fingerprint density at radius 3 is 2.75 bits per heavy atom. The minimum atomic E-state index is -0.663. The molecule has 0 radical (unpaired) electrons. The average Bonchev–Trinajstić information content (AvgIpc) is 2.80. The molecule has 1 amide bonds. The summed E-state index contributed by atoms with van der Waals surface area (Å²) in [4.78, 5) is 27.3. The Kier molecular flexibility index (Phi) is 4.09. The van der Waals surface area contributed by atoms with Gasteiger partial charge in [-0.2, -0.15) is 4.39 Å². The van der Waals surface area contributed by atoms with E-state index in [1.807, 2.05) is 0 Å². The molecule has 0 bridgehead atoms. The van der Waals surface area contributed by atoms with Crippen LogP contribution in [0.5, 0.6) is 0 Å². The van der Waals surface area contributed by atoms with Gasteiger partial charge >= 0.3 is 5.97 Å². The van der Waals surface area contributed by atoms with Crippen LogP contribution in [0.25, 0.3) is 0 Å². The summed E-state index contributed by atoms with van der Waals surface area (Å²) in [5, 5.41) is 4.36. The van der Waals surface area contributed by atoms with E-state index < -0.39 is 17.8 Å². The van der Waals surface area contributed by atoms with Crippen molar-refractivity contribution in [2.45, 2.75) is 6.92 Å². The Balaban J connectivity index is 2.26. The highest BCUT2D eigenvalue weighted by molar-refractivity contribution is 7.12. The fraction of sp³-hybridized carbons (Fsp3) is 0.154.